The number of halogens is 3. The van der Waals surface area contributed by atoms with Crippen LogP contribution in [0, 0.1) is 0 Å². The molecule has 4 heteroatoms. The Morgan fingerprint density at radius 1 is 1.43 bits per heavy atom. The maximum atomic E-state index is 5.95. The van der Waals surface area contributed by atoms with Gasteiger partial charge in [-0.05, 0) is 30.2 Å². The molecule has 1 nitrogen and oxygen atoms in total. The monoisotopic (exact) mass is 251 g/mol. The van der Waals surface area contributed by atoms with Gasteiger partial charge in [-0.2, -0.15) is 0 Å². The fourth-order valence-electron chi connectivity index (χ4n) is 1.11. The molecule has 0 aliphatic rings. The Labute approximate surface area is 100 Å². The number of hydrogen-bond acceptors (Lipinski definition) is 1. The minimum atomic E-state index is -0.122. The Morgan fingerprint density at radius 2 is 2.07 bits per heavy atom. The van der Waals surface area contributed by atoms with E-state index < -0.39 is 0 Å². The largest absolute Gasteiger partial charge is 0.324 e. The molecule has 2 N–H and O–H groups in total. The van der Waals surface area contributed by atoms with Crippen LogP contribution in [0.4, 0.5) is 0 Å². The Morgan fingerprint density at radius 3 is 2.64 bits per heavy atom. The molecule has 14 heavy (non-hydrogen) atoms. The summed E-state index contributed by atoms with van der Waals surface area (Å²) < 4.78 is 0. The molecule has 0 saturated heterocycles. The predicted molar refractivity (Wildman–Crippen MR) is 65.5 cm³/mol. The van der Waals surface area contributed by atoms with Gasteiger partial charge in [0.05, 0.1) is 0 Å². The fourth-order valence-corrected chi connectivity index (χ4v) is 1.54. The Bertz CT molecular complexity index is 312. The second-order valence-corrected chi connectivity index (χ2v) is 3.64. The second-order valence-electron chi connectivity index (χ2n) is 2.80. The van der Waals surface area contributed by atoms with Crippen LogP contribution in [0.2, 0.25) is 10.0 Å². The van der Waals surface area contributed by atoms with Gasteiger partial charge < -0.3 is 5.73 Å². The molecule has 0 aliphatic carbocycles. The van der Waals surface area contributed by atoms with E-state index in [1.54, 1.807) is 24.3 Å². The summed E-state index contributed by atoms with van der Waals surface area (Å²) in [7, 11) is 0. The van der Waals surface area contributed by atoms with Gasteiger partial charge in [-0.1, -0.05) is 29.3 Å². The highest BCUT2D eigenvalue weighted by Crippen LogP contribution is 2.26. The minimum absolute atomic E-state index is 0. The topological polar surface area (TPSA) is 26.0 Å². The van der Waals surface area contributed by atoms with E-state index in [2.05, 4.69) is 6.58 Å². The maximum absolute atomic E-state index is 5.95. The molecule has 1 atom stereocenters. The lowest BCUT2D eigenvalue weighted by Crippen LogP contribution is -2.09. The van der Waals surface area contributed by atoms with Crippen molar-refractivity contribution in [2.75, 3.05) is 0 Å². The van der Waals surface area contributed by atoms with Crippen LogP contribution >= 0.6 is 35.6 Å². The molecule has 0 unspecified atom stereocenters. The van der Waals surface area contributed by atoms with Gasteiger partial charge in [0.1, 0.15) is 0 Å². The smallest absolute Gasteiger partial charge is 0.0454 e. The zero-order valence-electron chi connectivity index (χ0n) is 7.54. The Kier molecular flexibility index (Phi) is 6.21. The van der Waals surface area contributed by atoms with Crippen LogP contribution in [0.3, 0.4) is 0 Å². The van der Waals surface area contributed by atoms with Crippen LogP contribution < -0.4 is 5.73 Å². The summed E-state index contributed by atoms with van der Waals surface area (Å²) in [5.41, 5.74) is 6.73. The van der Waals surface area contributed by atoms with Crippen LogP contribution in [0.25, 0.3) is 0 Å². The third-order valence-electron chi connectivity index (χ3n) is 1.78. The van der Waals surface area contributed by atoms with E-state index in [1.807, 2.05) is 0 Å². The van der Waals surface area contributed by atoms with Crippen LogP contribution in [0.15, 0.2) is 30.9 Å². The van der Waals surface area contributed by atoms with Crippen molar-refractivity contribution in [1.82, 2.24) is 0 Å². The van der Waals surface area contributed by atoms with Gasteiger partial charge in [-0.3, -0.25) is 0 Å². The Balaban J connectivity index is 0.00000169. The molecule has 1 aromatic rings. The van der Waals surface area contributed by atoms with Gasteiger partial charge in [-0.15, -0.1) is 19.0 Å². The van der Waals surface area contributed by atoms with Crippen molar-refractivity contribution in [2.24, 2.45) is 5.73 Å². The molecule has 0 aromatic heterocycles. The highest BCUT2D eigenvalue weighted by atomic mass is 35.5. The van der Waals surface area contributed by atoms with Crippen LogP contribution in [0.1, 0.15) is 18.0 Å². The molecule has 0 saturated carbocycles. The number of nitrogens with two attached hydrogens (primary N) is 1. The molecule has 1 rings (SSSR count). The van der Waals surface area contributed by atoms with E-state index in [1.165, 1.54) is 0 Å². The van der Waals surface area contributed by atoms with Crippen molar-refractivity contribution in [1.29, 1.82) is 0 Å². The molecule has 0 spiro atoms. The van der Waals surface area contributed by atoms with Gasteiger partial charge >= 0.3 is 0 Å². The van der Waals surface area contributed by atoms with Crippen molar-refractivity contribution in [2.45, 2.75) is 12.5 Å². The average Bonchev–Trinajstić information content (AvgIpc) is 2.09. The summed E-state index contributed by atoms with van der Waals surface area (Å²) in [6.45, 7) is 3.62. The first-order chi connectivity index (χ1) is 6.15. The van der Waals surface area contributed by atoms with Crippen molar-refractivity contribution < 1.29 is 0 Å². The normalized spacial score (nSPS) is 11.6. The van der Waals surface area contributed by atoms with Gasteiger partial charge in [0.2, 0.25) is 0 Å². The second kappa shape index (κ2) is 6.31. The molecule has 0 amide bonds. The third kappa shape index (κ3) is 3.50. The quantitative estimate of drug-likeness (QED) is 0.809. The predicted octanol–water partition coefficient (Wildman–Crippen LogP) is 3.99. The van der Waals surface area contributed by atoms with Gasteiger partial charge in [0.25, 0.3) is 0 Å². The van der Waals surface area contributed by atoms with E-state index in [-0.39, 0.29) is 18.4 Å². The fraction of sp³-hybridized carbons (Fsp3) is 0.200. The lowest BCUT2D eigenvalue weighted by molar-refractivity contribution is 0.742. The Hall–Kier alpha value is -0.210. The summed E-state index contributed by atoms with van der Waals surface area (Å²) in [6.07, 6.45) is 2.46. The van der Waals surface area contributed by atoms with Crippen LogP contribution in [0.5, 0.6) is 0 Å². The van der Waals surface area contributed by atoms with Crippen molar-refractivity contribution in [3.05, 3.63) is 46.5 Å². The van der Waals surface area contributed by atoms with E-state index in [0.717, 1.165) is 5.56 Å². The van der Waals surface area contributed by atoms with Crippen molar-refractivity contribution >= 4 is 35.6 Å². The standard InChI is InChI=1S/C10H11Cl2N.ClH/c1-2-3-10(13)8-6-7(11)4-5-9(8)12;/h2,4-6,10H,1,3,13H2;1H/t10-;/m1./s1. The third-order valence-corrected chi connectivity index (χ3v) is 2.36. The molecule has 0 fully saturated rings. The van der Waals surface area contributed by atoms with Gasteiger partial charge in [0, 0.05) is 16.1 Å². The maximum Gasteiger partial charge on any atom is 0.0454 e. The minimum Gasteiger partial charge on any atom is -0.324 e. The average molecular weight is 253 g/mol. The first-order valence-corrected chi connectivity index (χ1v) is 4.72. The number of hydrogen-bond donors (Lipinski definition) is 1. The van der Waals surface area contributed by atoms with Crippen molar-refractivity contribution in [3.8, 4) is 0 Å². The lowest BCUT2D eigenvalue weighted by Gasteiger charge is -2.11. The summed E-state index contributed by atoms with van der Waals surface area (Å²) in [6, 6.07) is 5.16. The zero-order chi connectivity index (χ0) is 9.84. The number of benzene rings is 1. The first kappa shape index (κ1) is 13.8. The van der Waals surface area contributed by atoms with Gasteiger partial charge in [0.15, 0.2) is 0 Å². The molecule has 0 bridgehead atoms. The summed E-state index contributed by atoms with van der Waals surface area (Å²) in [5.74, 6) is 0. The van der Waals surface area contributed by atoms with E-state index >= 15 is 0 Å². The first-order valence-electron chi connectivity index (χ1n) is 3.96. The summed E-state index contributed by atoms with van der Waals surface area (Å²) in [5, 5.41) is 1.30. The summed E-state index contributed by atoms with van der Waals surface area (Å²) >= 11 is 11.8. The molecule has 1 aromatic carbocycles. The summed E-state index contributed by atoms with van der Waals surface area (Å²) in [4.78, 5) is 0. The van der Waals surface area contributed by atoms with E-state index in [0.29, 0.717) is 16.5 Å². The SMILES string of the molecule is C=CC[C@@H](N)c1cc(Cl)ccc1Cl.Cl. The highest BCUT2D eigenvalue weighted by Gasteiger charge is 2.08. The highest BCUT2D eigenvalue weighted by molar-refractivity contribution is 6.33. The van der Waals surface area contributed by atoms with E-state index in [9.17, 15) is 0 Å². The molecular formula is C10H12Cl3N. The van der Waals surface area contributed by atoms with Crippen molar-refractivity contribution in [3.63, 3.8) is 0 Å². The van der Waals surface area contributed by atoms with Crippen LogP contribution in [-0.2, 0) is 0 Å². The molecule has 0 heterocycles. The zero-order valence-corrected chi connectivity index (χ0v) is 9.87. The lowest BCUT2D eigenvalue weighted by atomic mass is 10.1. The number of rotatable bonds is 3. The van der Waals surface area contributed by atoms with Gasteiger partial charge in [-0.25, -0.2) is 0 Å². The van der Waals surface area contributed by atoms with E-state index in [4.69, 9.17) is 28.9 Å². The molecular weight excluding hydrogens is 240 g/mol. The molecule has 0 radical (unpaired) electrons. The molecule has 0 aliphatic heterocycles. The van der Waals surface area contributed by atoms with Crippen LogP contribution in [-0.4, -0.2) is 0 Å². The molecule has 78 valence electrons.